The molecule has 1 saturated heterocycles. The summed E-state index contributed by atoms with van der Waals surface area (Å²) in [7, 11) is 0. The van der Waals surface area contributed by atoms with Crippen LogP contribution in [0.25, 0.3) is 0 Å². The van der Waals surface area contributed by atoms with Crippen LogP contribution in [0.2, 0.25) is 0 Å². The first-order valence-corrected chi connectivity index (χ1v) is 14.5. The maximum atomic E-state index is 12.6. The third kappa shape index (κ3) is 6.87. The van der Waals surface area contributed by atoms with Crippen molar-refractivity contribution in [1.82, 2.24) is 9.80 Å². The van der Waals surface area contributed by atoms with Crippen molar-refractivity contribution in [3.63, 3.8) is 0 Å². The molecule has 0 atom stereocenters. The van der Waals surface area contributed by atoms with Crippen LogP contribution in [0.1, 0.15) is 33.1 Å². The number of thiocarbonyl (C=S) groups is 1. The number of rotatable bonds is 7. The van der Waals surface area contributed by atoms with Crippen LogP contribution in [-0.2, 0) is 5.75 Å². The third-order valence-corrected chi connectivity index (χ3v) is 8.55. The molecule has 1 amide bonds. The van der Waals surface area contributed by atoms with Gasteiger partial charge in [-0.1, -0.05) is 109 Å². The molecule has 1 heterocycles. The van der Waals surface area contributed by atoms with E-state index in [0.717, 1.165) is 41.8 Å². The van der Waals surface area contributed by atoms with Crippen molar-refractivity contribution in [3.8, 4) is 0 Å². The summed E-state index contributed by atoms with van der Waals surface area (Å²) < 4.78 is 0.923. The molecule has 7 heteroatoms. The summed E-state index contributed by atoms with van der Waals surface area (Å²) in [5.41, 5.74) is 11.5. The Labute approximate surface area is 240 Å². The van der Waals surface area contributed by atoms with Gasteiger partial charge >= 0.3 is 0 Å². The van der Waals surface area contributed by atoms with Crippen LogP contribution in [0, 0.1) is 0 Å². The predicted octanol–water partition coefficient (Wildman–Crippen LogP) is 6.45. The van der Waals surface area contributed by atoms with Crippen LogP contribution in [0.15, 0.2) is 109 Å². The second kappa shape index (κ2) is 12.9. The highest BCUT2D eigenvalue weighted by Gasteiger charge is 2.27. The largest absolute Gasteiger partial charge is 0.397 e. The normalized spacial score (nSPS) is 13.8. The van der Waals surface area contributed by atoms with E-state index >= 15 is 0 Å². The zero-order chi connectivity index (χ0) is 27.0. The maximum Gasteiger partial charge on any atom is 0.255 e. The fourth-order valence-electron chi connectivity index (χ4n) is 4.84. The Kier molecular flexibility index (Phi) is 8.93. The molecule has 0 unspecified atom stereocenters. The van der Waals surface area contributed by atoms with Crippen molar-refractivity contribution in [3.05, 3.63) is 131 Å². The number of nitrogens with two attached hydrogens (primary N) is 1. The SMILES string of the molecule is Nc1ccccc1NC(=O)c1ccc(CSC(=S)N2CCN(C(c3ccccc3)c3ccccc3)CC2)cc1. The molecule has 0 spiro atoms. The minimum Gasteiger partial charge on any atom is -0.397 e. The molecular weight excluding hydrogens is 521 g/mol. The first-order valence-electron chi connectivity index (χ1n) is 13.1. The van der Waals surface area contributed by atoms with Gasteiger partial charge < -0.3 is 16.0 Å². The van der Waals surface area contributed by atoms with Crippen LogP contribution in [0.4, 0.5) is 11.4 Å². The van der Waals surface area contributed by atoms with Crippen molar-refractivity contribution in [2.24, 2.45) is 0 Å². The Bertz CT molecular complexity index is 1350. The highest BCUT2D eigenvalue weighted by Crippen LogP contribution is 2.30. The number of piperazine rings is 1. The number of anilines is 2. The van der Waals surface area contributed by atoms with E-state index in [1.165, 1.54) is 11.1 Å². The van der Waals surface area contributed by atoms with Gasteiger partial charge in [0.2, 0.25) is 0 Å². The van der Waals surface area contributed by atoms with E-state index in [0.29, 0.717) is 16.9 Å². The monoisotopic (exact) mass is 552 g/mol. The number of hydrogen-bond acceptors (Lipinski definition) is 5. The van der Waals surface area contributed by atoms with E-state index in [-0.39, 0.29) is 11.9 Å². The van der Waals surface area contributed by atoms with Gasteiger partial charge in [0, 0.05) is 37.5 Å². The van der Waals surface area contributed by atoms with Gasteiger partial charge in [-0.15, -0.1) is 0 Å². The van der Waals surface area contributed by atoms with E-state index < -0.39 is 0 Å². The van der Waals surface area contributed by atoms with Gasteiger partial charge in [0.15, 0.2) is 0 Å². The molecule has 198 valence electrons. The minimum atomic E-state index is -0.176. The summed E-state index contributed by atoms with van der Waals surface area (Å²) in [6, 6.07) is 36.6. The fourth-order valence-corrected chi connectivity index (χ4v) is 6.05. The highest BCUT2D eigenvalue weighted by molar-refractivity contribution is 8.22. The van der Waals surface area contributed by atoms with E-state index in [2.05, 4.69) is 75.8 Å². The number of carbonyl (C=O) groups is 1. The van der Waals surface area contributed by atoms with Crippen LogP contribution in [-0.4, -0.2) is 46.2 Å². The predicted molar refractivity (Wildman–Crippen MR) is 167 cm³/mol. The Morgan fingerprint density at radius 2 is 1.36 bits per heavy atom. The van der Waals surface area contributed by atoms with E-state index in [4.69, 9.17) is 18.0 Å². The van der Waals surface area contributed by atoms with Crippen molar-refractivity contribution in [2.45, 2.75) is 11.8 Å². The molecular formula is C32H32N4OS2. The molecule has 5 nitrogen and oxygen atoms in total. The lowest BCUT2D eigenvalue weighted by atomic mass is 9.96. The Morgan fingerprint density at radius 1 is 0.795 bits per heavy atom. The summed E-state index contributed by atoms with van der Waals surface area (Å²) in [4.78, 5) is 17.5. The molecule has 0 saturated carbocycles. The Balaban J connectivity index is 1.14. The summed E-state index contributed by atoms with van der Waals surface area (Å²) >= 11 is 7.49. The topological polar surface area (TPSA) is 61.6 Å². The van der Waals surface area contributed by atoms with Crippen molar-refractivity contribution < 1.29 is 4.79 Å². The number of hydrogen-bond donors (Lipinski definition) is 2. The maximum absolute atomic E-state index is 12.6. The summed E-state index contributed by atoms with van der Waals surface area (Å²) in [5.74, 6) is 0.591. The Hall–Kier alpha value is -3.65. The van der Waals surface area contributed by atoms with E-state index in [9.17, 15) is 4.79 Å². The molecule has 0 radical (unpaired) electrons. The quantitative estimate of drug-likeness (QED) is 0.203. The molecule has 39 heavy (non-hydrogen) atoms. The number of carbonyl (C=O) groups excluding carboxylic acids is 1. The molecule has 1 aliphatic heterocycles. The van der Waals surface area contributed by atoms with Crippen molar-refractivity contribution >= 4 is 45.6 Å². The molecule has 0 aromatic heterocycles. The fraction of sp³-hybridized carbons (Fsp3) is 0.188. The smallest absolute Gasteiger partial charge is 0.255 e. The first kappa shape index (κ1) is 26.9. The van der Waals surface area contributed by atoms with Gasteiger partial charge in [0.25, 0.3) is 5.91 Å². The number of thioether (sulfide) groups is 1. The number of benzene rings is 4. The summed E-state index contributed by atoms with van der Waals surface area (Å²) in [6.07, 6.45) is 0. The molecule has 4 aromatic carbocycles. The lowest BCUT2D eigenvalue weighted by Crippen LogP contribution is -2.48. The van der Waals surface area contributed by atoms with Crippen LogP contribution in [0.5, 0.6) is 0 Å². The average molecular weight is 553 g/mol. The lowest BCUT2D eigenvalue weighted by Gasteiger charge is -2.40. The van der Waals surface area contributed by atoms with Crippen LogP contribution < -0.4 is 11.1 Å². The van der Waals surface area contributed by atoms with Gasteiger partial charge in [-0.2, -0.15) is 0 Å². The number of amides is 1. The lowest BCUT2D eigenvalue weighted by molar-refractivity contribution is 0.102. The summed E-state index contributed by atoms with van der Waals surface area (Å²) in [5, 5.41) is 2.87. The second-order valence-corrected chi connectivity index (χ2v) is 11.1. The number of nitrogens with one attached hydrogen (secondary N) is 1. The second-order valence-electron chi connectivity index (χ2n) is 9.54. The van der Waals surface area contributed by atoms with E-state index in [1.54, 1.807) is 23.9 Å². The average Bonchev–Trinajstić information content (AvgIpc) is 2.99. The minimum absolute atomic E-state index is 0.176. The molecule has 4 aromatic rings. The summed E-state index contributed by atoms with van der Waals surface area (Å²) in [6.45, 7) is 3.71. The number of nitrogens with zero attached hydrogens (tertiary/aromatic N) is 2. The van der Waals surface area contributed by atoms with Gasteiger partial charge in [0.1, 0.15) is 4.32 Å². The number of para-hydroxylation sites is 2. The number of nitrogen functional groups attached to an aromatic ring is 1. The van der Waals surface area contributed by atoms with Gasteiger partial charge in [-0.3, -0.25) is 9.69 Å². The van der Waals surface area contributed by atoms with Gasteiger partial charge in [-0.25, -0.2) is 0 Å². The Morgan fingerprint density at radius 3 is 1.95 bits per heavy atom. The highest BCUT2D eigenvalue weighted by atomic mass is 32.2. The first-order chi connectivity index (χ1) is 19.1. The van der Waals surface area contributed by atoms with E-state index in [1.807, 2.05) is 36.4 Å². The molecule has 0 aliphatic carbocycles. The molecule has 5 rings (SSSR count). The van der Waals surface area contributed by atoms with Crippen LogP contribution >= 0.6 is 24.0 Å². The van der Waals surface area contributed by atoms with Gasteiger partial charge in [-0.05, 0) is 41.0 Å². The zero-order valence-electron chi connectivity index (χ0n) is 21.7. The van der Waals surface area contributed by atoms with Crippen molar-refractivity contribution in [1.29, 1.82) is 0 Å². The molecule has 0 bridgehead atoms. The zero-order valence-corrected chi connectivity index (χ0v) is 23.3. The van der Waals surface area contributed by atoms with Crippen molar-refractivity contribution in [2.75, 3.05) is 37.2 Å². The van der Waals surface area contributed by atoms with Crippen LogP contribution in [0.3, 0.4) is 0 Å². The molecule has 1 aliphatic rings. The third-order valence-electron chi connectivity index (χ3n) is 6.96. The van der Waals surface area contributed by atoms with Gasteiger partial charge in [0.05, 0.1) is 17.4 Å². The molecule has 1 fully saturated rings. The molecule has 3 N–H and O–H groups in total. The standard InChI is InChI=1S/C32H32N4OS2/c33-28-13-7-8-14-29(28)34-31(37)27-17-15-24(16-18-27)23-39-32(38)36-21-19-35(20-22-36)30(25-9-3-1-4-10-25)26-11-5-2-6-12-26/h1-18,30H,19-23,33H2,(H,34,37).